The Morgan fingerprint density at radius 2 is 1.79 bits per heavy atom. The zero-order valence-corrected chi connectivity index (χ0v) is 16.7. The maximum atomic E-state index is 12.8. The van der Waals surface area contributed by atoms with E-state index in [9.17, 15) is 23.3 Å². The van der Waals surface area contributed by atoms with Gasteiger partial charge in [-0.25, -0.2) is 8.42 Å². The minimum atomic E-state index is -3.92. The first-order chi connectivity index (χ1) is 13.8. The van der Waals surface area contributed by atoms with E-state index >= 15 is 0 Å². The van der Waals surface area contributed by atoms with Crippen LogP contribution in [-0.4, -0.2) is 31.2 Å². The van der Waals surface area contributed by atoms with Crippen LogP contribution < -0.4 is 0 Å². The van der Waals surface area contributed by atoms with Gasteiger partial charge >= 0.3 is 5.97 Å². The average Bonchev–Trinajstić information content (AvgIpc) is 2.69. The minimum absolute atomic E-state index is 0.0258. The summed E-state index contributed by atoms with van der Waals surface area (Å²) in [5, 5.41) is 9.26. The monoisotopic (exact) mass is 415 g/mol. The predicted molar refractivity (Wildman–Crippen MR) is 110 cm³/mol. The molecule has 1 atom stereocenters. The summed E-state index contributed by atoms with van der Waals surface area (Å²) in [4.78, 5) is 22.6. The molecule has 0 fully saturated rings. The number of rotatable bonds is 9. The summed E-state index contributed by atoms with van der Waals surface area (Å²) in [5.41, 5.74) is 1.56. The Labute approximate surface area is 169 Å². The number of ether oxygens (including phenoxy) is 1. The average molecular weight is 415 g/mol. The van der Waals surface area contributed by atoms with Gasteiger partial charge in [-0.15, -0.1) is 6.58 Å². The highest BCUT2D eigenvalue weighted by Crippen LogP contribution is 2.21. The molecule has 7 nitrogen and oxygen atoms in total. The molecule has 0 saturated heterocycles. The number of nitrogens with zero attached hydrogens (tertiary/aromatic N) is 1. The second-order valence-corrected chi connectivity index (χ2v) is 8.38. The number of sulfone groups is 1. The van der Waals surface area contributed by atoms with Crippen LogP contribution in [0.2, 0.25) is 0 Å². The minimum Gasteiger partial charge on any atom is -0.460 e. The van der Waals surface area contributed by atoms with E-state index in [-0.39, 0.29) is 23.6 Å². The molecule has 29 heavy (non-hydrogen) atoms. The third kappa shape index (κ3) is 5.86. The van der Waals surface area contributed by atoms with Crippen molar-refractivity contribution in [1.82, 2.24) is 0 Å². The molecular formula is C21H21NO6S. The van der Waals surface area contributed by atoms with E-state index < -0.39 is 26.0 Å². The molecule has 1 unspecified atom stereocenters. The van der Waals surface area contributed by atoms with Crippen LogP contribution in [0.15, 0.2) is 72.2 Å². The van der Waals surface area contributed by atoms with Crippen molar-refractivity contribution >= 4 is 27.6 Å². The summed E-state index contributed by atoms with van der Waals surface area (Å²) in [6.45, 7) is 5.23. The lowest BCUT2D eigenvalue weighted by Crippen LogP contribution is -2.32. The van der Waals surface area contributed by atoms with Gasteiger partial charge < -0.3 is 4.74 Å². The molecule has 2 aromatic carbocycles. The lowest BCUT2D eigenvalue weighted by Gasteiger charge is -2.15. The Hall–Kier alpha value is -3.26. The zero-order valence-electron chi connectivity index (χ0n) is 15.9. The summed E-state index contributed by atoms with van der Waals surface area (Å²) in [6.07, 6.45) is 4.45. The molecule has 0 amide bonds. The number of allylic oxidation sites excluding steroid dienone is 1. The Kier molecular flexibility index (Phi) is 7.44. The van der Waals surface area contributed by atoms with Gasteiger partial charge in [-0.3, -0.25) is 14.9 Å². The molecule has 0 bridgehead atoms. The second kappa shape index (κ2) is 9.79. The van der Waals surface area contributed by atoms with Crippen molar-refractivity contribution < 1.29 is 22.9 Å². The van der Waals surface area contributed by atoms with E-state index in [1.165, 1.54) is 36.4 Å². The van der Waals surface area contributed by atoms with Crippen molar-refractivity contribution in [3.8, 4) is 0 Å². The van der Waals surface area contributed by atoms with Crippen molar-refractivity contribution in [1.29, 1.82) is 0 Å². The van der Waals surface area contributed by atoms with Crippen LogP contribution >= 0.6 is 0 Å². The number of nitro groups is 1. The fourth-order valence-electron chi connectivity index (χ4n) is 2.51. The number of carbonyl (C=O) groups is 1. The van der Waals surface area contributed by atoms with E-state index in [1.807, 2.05) is 6.92 Å². The van der Waals surface area contributed by atoms with Gasteiger partial charge in [0.05, 0.1) is 9.82 Å². The summed E-state index contributed by atoms with van der Waals surface area (Å²) in [7, 11) is -3.92. The van der Waals surface area contributed by atoms with Gasteiger partial charge in [-0.2, -0.15) is 0 Å². The Morgan fingerprint density at radius 3 is 2.34 bits per heavy atom. The Balaban J connectivity index is 2.04. The highest BCUT2D eigenvalue weighted by atomic mass is 32.2. The molecule has 8 heteroatoms. The van der Waals surface area contributed by atoms with E-state index in [0.29, 0.717) is 5.56 Å². The Morgan fingerprint density at radius 1 is 1.17 bits per heavy atom. The number of nitro benzene ring substituents is 1. The molecule has 0 aliphatic heterocycles. The van der Waals surface area contributed by atoms with Crippen LogP contribution in [0.1, 0.15) is 17.5 Å². The number of non-ortho nitro benzene ring substituents is 1. The maximum absolute atomic E-state index is 12.8. The quantitative estimate of drug-likeness (QED) is 0.266. The summed E-state index contributed by atoms with van der Waals surface area (Å²) >= 11 is 0. The molecule has 152 valence electrons. The van der Waals surface area contributed by atoms with Crippen LogP contribution in [-0.2, 0) is 19.4 Å². The zero-order chi connectivity index (χ0) is 21.4. The molecule has 0 aliphatic carbocycles. The van der Waals surface area contributed by atoms with Crippen molar-refractivity contribution in [2.45, 2.75) is 23.5 Å². The first-order valence-corrected chi connectivity index (χ1v) is 10.3. The van der Waals surface area contributed by atoms with E-state index in [4.69, 9.17) is 4.74 Å². The van der Waals surface area contributed by atoms with Gasteiger partial charge in [0.25, 0.3) is 5.69 Å². The smallest absolute Gasteiger partial charge is 0.325 e. The molecule has 2 aromatic rings. The van der Waals surface area contributed by atoms with Gasteiger partial charge in [-0.05, 0) is 49.2 Å². The number of hydrogen-bond donors (Lipinski definition) is 0. The van der Waals surface area contributed by atoms with Gasteiger partial charge in [0.15, 0.2) is 15.1 Å². The molecular weight excluding hydrogens is 394 g/mol. The molecule has 0 aliphatic rings. The van der Waals surface area contributed by atoms with Gasteiger partial charge in [0, 0.05) is 12.1 Å². The first kappa shape index (κ1) is 22.0. The van der Waals surface area contributed by atoms with Crippen molar-refractivity contribution in [2.75, 3.05) is 6.61 Å². The Bertz CT molecular complexity index is 1010. The summed E-state index contributed by atoms with van der Waals surface area (Å²) in [6, 6.07) is 12.1. The van der Waals surface area contributed by atoms with Gasteiger partial charge in [0.1, 0.15) is 6.61 Å². The van der Waals surface area contributed by atoms with E-state index in [0.717, 1.165) is 5.56 Å². The highest BCUT2D eigenvalue weighted by Gasteiger charge is 2.34. The molecule has 2 rings (SSSR count). The summed E-state index contributed by atoms with van der Waals surface area (Å²) in [5.74, 6) is -0.862. The molecule has 0 spiro atoms. The van der Waals surface area contributed by atoms with Crippen LogP contribution in [0, 0.1) is 17.0 Å². The molecule has 0 N–H and O–H groups in total. The predicted octanol–water partition coefficient (Wildman–Crippen LogP) is 3.88. The number of benzene rings is 2. The third-order valence-electron chi connectivity index (χ3n) is 4.10. The van der Waals surface area contributed by atoms with E-state index in [1.54, 1.807) is 30.3 Å². The maximum Gasteiger partial charge on any atom is 0.325 e. The fourth-order valence-corrected chi connectivity index (χ4v) is 4.06. The lowest BCUT2D eigenvalue weighted by molar-refractivity contribution is -0.384. The van der Waals surface area contributed by atoms with Gasteiger partial charge in [0.2, 0.25) is 0 Å². The molecule has 0 aromatic heterocycles. The largest absolute Gasteiger partial charge is 0.460 e. The van der Waals surface area contributed by atoms with Crippen molar-refractivity contribution in [2.24, 2.45) is 0 Å². The van der Waals surface area contributed by atoms with Crippen molar-refractivity contribution in [3.63, 3.8) is 0 Å². The van der Waals surface area contributed by atoms with Crippen LogP contribution in [0.5, 0.6) is 0 Å². The number of esters is 1. The summed E-state index contributed by atoms with van der Waals surface area (Å²) < 4.78 is 30.7. The molecule has 0 saturated carbocycles. The molecule has 0 radical (unpaired) electrons. The normalized spacial score (nSPS) is 12.4. The van der Waals surface area contributed by atoms with E-state index in [2.05, 4.69) is 6.58 Å². The van der Waals surface area contributed by atoms with Crippen LogP contribution in [0.3, 0.4) is 0 Å². The first-order valence-electron chi connectivity index (χ1n) is 8.75. The van der Waals surface area contributed by atoms with Crippen LogP contribution in [0.25, 0.3) is 6.08 Å². The van der Waals surface area contributed by atoms with Gasteiger partial charge in [-0.1, -0.05) is 29.8 Å². The number of hydrogen-bond acceptors (Lipinski definition) is 6. The number of carbonyl (C=O) groups excluding carboxylic acids is 1. The third-order valence-corrected chi connectivity index (χ3v) is 6.17. The SMILES string of the molecule is C=CCC(C(=O)OC/C=C/c1ccc([N+](=O)[O-])cc1)S(=O)(=O)c1ccc(C)cc1. The van der Waals surface area contributed by atoms with Crippen LogP contribution in [0.4, 0.5) is 5.69 Å². The highest BCUT2D eigenvalue weighted by molar-refractivity contribution is 7.92. The molecule has 0 heterocycles. The fraction of sp³-hybridized carbons (Fsp3) is 0.190. The van der Waals surface area contributed by atoms with Crippen molar-refractivity contribution in [3.05, 3.63) is 88.5 Å². The number of aryl methyl sites for hydroxylation is 1. The second-order valence-electron chi connectivity index (χ2n) is 6.25. The topological polar surface area (TPSA) is 104 Å². The standard InChI is InChI=1S/C21H21NO6S/c1-3-5-20(29(26,27)19-13-7-16(2)8-14-19)21(23)28-15-4-6-17-9-11-18(12-10-17)22(24)25/h3-4,6-14,20H,1,5,15H2,2H3/b6-4+. The lowest BCUT2D eigenvalue weighted by atomic mass is 10.2.